The minimum atomic E-state index is -0.984. The highest BCUT2D eigenvalue weighted by Crippen LogP contribution is 2.29. The third kappa shape index (κ3) is 11.2. The zero-order valence-electron chi connectivity index (χ0n) is 23.8. The van der Waals surface area contributed by atoms with Crippen LogP contribution in [-0.4, -0.2) is 42.2 Å². The second kappa shape index (κ2) is 13.7. The first-order chi connectivity index (χ1) is 17.8. The van der Waals surface area contributed by atoms with Crippen molar-refractivity contribution in [2.45, 2.75) is 78.9 Å². The summed E-state index contributed by atoms with van der Waals surface area (Å²) in [5.41, 5.74) is 0.372. The van der Waals surface area contributed by atoms with Crippen molar-refractivity contribution in [2.24, 2.45) is 0 Å². The molecule has 0 saturated carbocycles. The lowest BCUT2D eigenvalue weighted by Gasteiger charge is -2.26. The molecule has 0 aliphatic carbocycles. The second-order valence-corrected chi connectivity index (χ2v) is 10.7. The van der Waals surface area contributed by atoms with Crippen LogP contribution in [0.2, 0.25) is 0 Å². The van der Waals surface area contributed by atoms with E-state index in [0.29, 0.717) is 11.5 Å². The molecule has 0 heterocycles. The summed E-state index contributed by atoms with van der Waals surface area (Å²) in [6.07, 6.45) is 2.78. The average Bonchev–Trinajstić information content (AvgIpc) is 2.81. The summed E-state index contributed by atoms with van der Waals surface area (Å²) in [6.45, 7) is 12.5. The van der Waals surface area contributed by atoms with Crippen LogP contribution < -0.4 is 9.47 Å². The lowest BCUT2D eigenvalue weighted by molar-refractivity contribution is -0.130. The van der Waals surface area contributed by atoms with E-state index >= 15 is 0 Å². The van der Waals surface area contributed by atoms with Crippen LogP contribution in [0.25, 0.3) is 5.57 Å². The van der Waals surface area contributed by atoms with Crippen LogP contribution in [0.15, 0.2) is 54.6 Å². The van der Waals surface area contributed by atoms with Crippen LogP contribution in [0.4, 0.5) is 9.59 Å². The van der Waals surface area contributed by atoms with E-state index in [2.05, 4.69) is 6.92 Å². The number of hydrogen-bond acceptors (Lipinski definition) is 7. The molecular formula is C30H41NO7. The Balaban J connectivity index is 2.29. The molecule has 8 nitrogen and oxygen atoms in total. The number of benzene rings is 2. The molecule has 0 saturated heterocycles. The van der Waals surface area contributed by atoms with Crippen molar-refractivity contribution in [2.75, 3.05) is 13.7 Å². The summed E-state index contributed by atoms with van der Waals surface area (Å²) in [5, 5.41) is 0.878. The van der Waals surface area contributed by atoms with Crippen LogP contribution in [0, 0.1) is 0 Å². The molecule has 0 radical (unpaired) electrons. The molecule has 0 bridgehead atoms. The van der Waals surface area contributed by atoms with Crippen molar-refractivity contribution in [3.8, 4) is 17.2 Å². The van der Waals surface area contributed by atoms with E-state index in [9.17, 15) is 9.59 Å². The summed E-state index contributed by atoms with van der Waals surface area (Å²) in [5.74, 6) is 2.10. The van der Waals surface area contributed by atoms with Crippen LogP contribution in [0.5, 0.6) is 17.2 Å². The molecule has 0 aliphatic rings. The molecule has 8 heteroatoms. The highest BCUT2D eigenvalue weighted by Gasteiger charge is 2.27. The van der Waals surface area contributed by atoms with Crippen LogP contribution in [0.1, 0.15) is 73.3 Å². The molecule has 0 atom stereocenters. The zero-order chi connectivity index (χ0) is 28.3. The van der Waals surface area contributed by atoms with Crippen molar-refractivity contribution in [1.82, 2.24) is 5.06 Å². The maximum atomic E-state index is 12.8. The number of hydroxylamine groups is 2. The van der Waals surface area contributed by atoms with Crippen molar-refractivity contribution in [1.29, 1.82) is 0 Å². The summed E-state index contributed by atoms with van der Waals surface area (Å²) < 4.78 is 21.9. The summed E-state index contributed by atoms with van der Waals surface area (Å²) in [6, 6.07) is 15.1. The normalized spacial score (nSPS) is 11.9. The Morgan fingerprint density at radius 2 is 1.50 bits per heavy atom. The molecule has 0 aliphatic heterocycles. The number of allylic oxidation sites excluding steroid dienone is 1. The van der Waals surface area contributed by atoms with Crippen molar-refractivity contribution in [3.05, 3.63) is 60.2 Å². The number of unbranched alkanes of at least 4 members (excludes halogenated alkanes) is 1. The fourth-order valence-electron chi connectivity index (χ4n) is 3.28. The summed E-state index contributed by atoms with van der Waals surface area (Å²) in [7, 11) is 1.62. The van der Waals surface area contributed by atoms with Gasteiger partial charge >= 0.3 is 12.2 Å². The number of amides is 1. The summed E-state index contributed by atoms with van der Waals surface area (Å²) in [4.78, 5) is 30.4. The maximum absolute atomic E-state index is 12.8. The van der Waals surface area contributed by atoms with Crippen molar-refractivity contribution in [3.63, 3.8) is 0 Å². The minimum absolute atomic E-state index is 0.0171. The lowest BCUT2D eigenvalue weighted by atomic mass is 9.99. The predicted molar refractivity (Wildman–Crippen MR) is 147 cm³/mol. The molecular weight excluding hydrogens is 486 g/mol. The number of carbonyl (C=O) groups is 2. The number of hydrogen-bond donors (Lipinski definition) is 0. The molecule has 1 amide bonds. The highest BCUT2D eigenvalue weighted by atomic mass is 16.8. The van der Waals surface area contributed by atoms with Crippen LogP contribution >= 0.6 is 0 Å². The molecule has 38 heavy (non-hydrogen) atoms. The van der Waals surface area contributed by atoms with Gasteiger partial charge in [0.2, 0.25) is 0 Å². The summed E-state index contributed by atoms with van der Waals surface area (Å²) >= 11 is 0. The average molecular weight is 528 g/mol. The van der Waals surface area contributed by atoms with Gasteiger partial charge in [0.15, 0.2) is 0 Å². The fraction of sp³-hybridized carbons (Fsp3) is 0.467. The number of methoxy groups -OCH3 is 1. The molecule has 0 N–H and O–H groups in total. The second-order valence-electron chi connectivity index (χ2n) is 10.7. The van der Waals surface area contributed by atoms with E-state index in [1.807, 2.05) is 54.6 Å². The predicted octanol–water partition coefficient (Wildman–Crippen LogP) is 8.16. The highest BCUT2D eigenvalue weighted by molar-refractivity contribution is 5.72. The number of ether oxygens (including phenoxy) is 4. The fourth-order valence-corrected chi connectivity index (χ4v) is 3.28. The van der Waals surface area contributed by atoms with E-state index in [1.165, 1.54) is 0 Å². The van der Waals surface area contributed by atoms with Gasteiger partial charge in [-0.05, 0) is 102 Å². The maximum Gasteiger partial charge on any atom is 0.534 e. The Hall–Kier alpha value is -3.68. The van der Waals surface area contributed by atoms with Gasteiger partial charge in [0, 0.05) is 0 Å². The van der Waals surface area contributed by atoms with Gasteiger partial charge in [-0.1, -0.05) is 31.6 Å². The van der Waals surface area contributed by atoms with Gasteiger partial charge < -0.3 is 18.9 Å². The Morgan fingerprint density at radius 1 is 0.868 bits per heavy atom. The molecule has 0 fully saturated rings. The molecule has 2 aromatic carbocycles. The van der Waals surface area contributed by atoms with E-state index in [1.54, 1.807) is 48.7 Å². The number of rotatable bonds is 9. The Bertz CT molecular complexity index is 1080. The third-order valence-electron chi connectivity index (χ3n) is 4.97. The van der Waals surface area contributed by atoms with Crippen LogP contribution in [0.3, 0.4) is 0 Å². The first-order valence-electron chi connectivity index (χ1n) is 12.8. The quantitative estimate of drug-likeness (QED) is 0.240. The molecule has 2 aromatic rings. The van der Waals surface area contributed by atoms with Gasteiger partial charge in [-0.15, -0.1) is 5.06 Å². The first kappa shape index (κ1) is 30.5. The van der Waals surface area contributed by atoms with E-state index in [-0.39, 0.29) is 6.54 Å². The largest absolute Gasteiger partial charge is 0.534 e. The van der Waals surface area contributed by atoms with Gasteiger partial charge in [0.25, 0.3) is 0 Å². The molecule has 0 unspecified atom stereocenters. The van der Waals surface area contributed by atoms with E-state index in [0.717, 1.165) is 41.2 Å². The Morgan fingerprint density at radius 3 is 2.08 bits per heavy atom. The molecule has 0 spiro atoms. The van der Waals surface area contributed by atoms with Gasteiger partial charge in [-0.2, -0.15) is 0 Å². The minimum Gasteiger partial charge on any atom is -0.497 e. The molecule has 208 valence electrons. The van der Waals surface area contributed by atoms with E-state index in [4.69, 9.17) is 23.8 Å². The Labute approximate surface area is 226 Å². The van der Waals surface area contributed by atoms with Gasteiger partial charge in [0.05, 0.1) is 13.7 Å². The number of nitrogens with zero attached hydrogens (tertiary/aromatic N) is 1. The van der Waals surface area contributed by atoms with Crippen molar-refractivity contribution < 1.29 is 33.4 Å². The zero-order valence-corrected chi connectivity index (χ0v) is 23.8. The topological polar surface area (TPSA) is 83.5 Å². The van der Waals surface area contributed by atoms with Crippen molar-refractivity contribution >= 4 is 17.8 Å². The first-order valence-corrected chi connectivity index (χ1v) is 12.8. The van der Waals surface area contributed by atoms with E-state index < -0.39 is 23.5 Å². The lowest BCUT2D eigenvalue weighted by Crippen LogP contribution is -2.40. The monoisotopic (exact) mass is 527 g/mol. The smallest absolute Gasteiger partial charge is 0.497 e. The van der Waals surface area contributed by atoms with Crippen LogP contribution in [-0.2, 0) is 14.3 Å². The third-order valence-corrected chi connectivity index (χ3v) is 4.97. The van der Waals surface area contributed by atoms with Gasteiger partial charge in [-0.3, -0.25) is 4.84 Å². The van der Waals surface area contributed by atoms with Gasteiger partial charge in [0.1, 0.15) is 28.5 Å². The molecule has 0 aromatic heterocycles. The molecule has 2 rings (SSSR count). The Kier molecular flexibility index (Phi) is 11.0. The standard InChI is InChI=1S/C30H41NO7/c1-9-10-12-22(23-13-11-14-26(21-23)35-25-17-15-24(34-8)16-18-25)19-20-31(27(32)36-29(2,3)4)38-28(33)37-30(5,6)7/h11,13-19,21H,9-10,12,20H2,1-8H3/b22-19+. The van der Waals surface area contributed by atoms with Gasteiger partial charge in [-0.25, -0.2) is 9.59 Å². The number of carbonyl (C=O) groups excluding carboxylic acids is 2. The SMILES string of the molecule is CCCC/C(=C\CN(OC(=O)OC(C)(C)C)C(=O)OC(C)(C)C)c1cccc(Oc2ccc(OC)cc2)c1.